The second kappa shape index (κ2) is 5.68. The fourth-order valence-corrected chi connectivity index (χ4v) is 5.33. The summed E-state index contributed by atoms with van der Waals surface area (Å²) in [5.41, 5.74) is 0. The van der Waals surface area contributed by atoms with E-state index in [-0.39, 0.29) is 0 Å². The molecule has 4 heterocycles. The van der Waals surface area contributed by atoms with E-state index in [1.807, 2.05) is 0 Å². The van der Waals surface area contributed by atoms with Crippen LogP contribution < -0.4 is 5.32 Å². The van der Waals surface area contributed by atoms with Gasteiger partial charge in [0.15, 0.2) is 0 Å². The number of piperidine rings is 1. The summed E-state index contributed by atoms with van der Waals surface area (Å²) >= 11 is 0. The first-order valence-corrected chi connectivity index (χ1v) is 9.04. The highest BCUT2D eigenvalue weighted by atomic mass is 32.2. The molecule has 0 aromatic rings. The molecule has 4 rings (SSSR count). The standard InChI is InChI=1S/C13H25N3O2S/c17-19(18,15-7-3-1-2-4-8-15)16-10-12-5-6-13(11-16)14-9-12/h12-14H,1-11H2/t12-,13-/m0/s1. The van der Waals surface area contributed by atoms with Gasteiger partial charge in [-0.05, 0) is 38.1 Å². The van der Waals surface area contributed by atoms with Crippen LogP contribution in [0.15, 0.2) is 0 Å². The summed E-state index contributed by atoms with van der Waals surface area (Å²) < 4.78 is 29.1. The molecule has 4 saturated heterocycles. The fourth-order valence-electron chi connectivity index (χ4n) is 3.52. The van der Waals surface area contributed by atoms with Gasteiger partial charge in [0.25, 0.3) is 10.2 Å². The van der Waals surface area contributed by atoms with E-state index in [0.29, 0.717) is 38.1 Å². The van der Waals surface area contributed by atoms with Crippen molar-refractivity contribution in [3.8, 4) is 0 Å². The second-order valence-corrected chi connectivity index (χ2v) is 8.12. The van der Waals surface area contributed by atoms with Gasteiger partial charge in [-0.15, -0.1) is 0 Å². The van der Waals surface area contributed by atoms with Gasteiger partial charge in [-0.2, -0.15) is 17.0 Å². The first-order chi connectivity index (χ1) is 9.16. The van der Waals surface area contributed by atoms with Crippen LogP contribution in [0.1, 0.15) is 38.5 Å². The Hall–Kier alpha value is -0.170. The van der Waals surface area contributed by atoms with E-state index < -0.39 is 10.2 Å². The zero-order valence-electron chi connectivity index (χ0n) is 11.6. The Morgan fingerprint density at radius 2 is 1.63 bits per heavy atom. The lowest BCUT2D eigenvalue weighted by molar-refractivity contribution is 0.331. The van der Waals surface area contributed by atoms with E-state index >= 15 is 0 Å². The first-order valence-electron chi connectivity index (χ1n) is 7.65. The van der Waals surface area contributed by atoms with Crippen molar-refractivity contribution >= 4 is 10.2 Å². The van der Waals surface area contributed by atoms with Crippen molar-refractivity contribution in [1.82, 2.24) is 13.9 Å². The molecule has 4 aliphatic rings. The first kappa shape index (κ1) is 13.8. The van der Waals surface area contributed by atoms with Gasteiger partial charge in [0.1, 0.15) is 0 Å². The Morgan fingerprint density at radius 3 is 2.26 bits per heavy atom. The van der Waals surface area contributed by atoms with Crippen molar-refractivity contribution in [2.24, 2.45) is 5.92 Å². The van der Waals surface area contributed by atoms with Crippen LogP contribution >= 0.6 is 0 Å². The van der Waals surface area contributed by atoms with Crippen LogP contribution in [0, 0.1) is 5.92 Å². The molecule has 110 valence electrons. The summed E-state index contributed by atoms with van der Waals surface area (Å²) in [6.07, 6.45) is 6.65. The number of nitrogens with one attached hydrogen (secondary N) is 1. The number of rotatable bonds is 2. The molecule has 0 saturated carbocycles. The quantitative estimate of drug-likeness (QED) is 0.817. The highest BCUT2D eigenvalue weighted by Gasteiger charge is 2.37. The maximum Gasteiger partial charge on any atom is 0.282 e. The molecule has 0 spiro atoms. The van der Waals surface area contributed by atoms with E-state index in [0.717, 1.165) is 25.8 Å². The van der Waals surface area contributed by atoms with E-state index in [2.05, 4.69) is 5.32 Å². The average Bonchev–Trinajstić information content (AvgIpc) is 2.87. The molecule has 1 N–H and O–H groups in total. The van der Waals surface area contributed by atoms with Crippen LogP contribution in [0.3, 0.4) is 0 Å². The SMILES string of the molecule is O=S(=O)(N1CCCCCC1)N1C[C@H]2CC[C@@H](C1)NC2. The fraction of sp³-hybridized carbons (Fsp3) is 1.00. The van der Waals surface area contributed by atoms with Gasteiger partial charge in [-0.3, -0.25) is 0 Å². The minimum absolute atomic E-state index is 0.362. The highest BCUT2D eigenvalue weighted by Crippen LogP contribution is 2.25. The van der Waals surface area contributed by atoms with Crippen LogP contribution in [-0.2, 0) is 10.2 Å². The Bertz CT molecular complexity index is 382. The predicted octanol–water partition coefficient (Wildman–Crippen LogP) is 0.791. The van der Waals surface area contributed by atoms with Crippen molar-refractivity contribution in [3.05, 3.63) is 0 Å². The van der Waals surface area contributed by atoms with Gasteiger partial charge in [0, 0.05) is 32.2 Å². The van der Waals surface area contributed by atoms with Gasteiger partial charge in [0.05, 0.1) is 0 Å². The Balaban J connectivity index is 1.75. The maximum absolute atomic E-state index is 12.8. The lowest BCUT2D eigenvalue weighted by Gasteiger charge is -2.29. The smallest absolute Gasteiger partial charge is 0.282 e. The summed E-state index contributed by atoms with van der Waals surface area (Å²) in [6, 6.07) is 0.362. The molecule has 0 aliphatic carbocycles. The zero-order chi connectivity index (χ0) is 13.3. The maximum atomic E-state index is 12.8. The van der Waals surface area contributed by atoms with Crippen molar-refractivity contribution in [2.45, 2.75) is 44.6 Å². The molecule has 0 aromatic heterocycles. The molecule has 0 radical (unpaired) electrons. The third-order valence-corrected chi connectivity index (χ3v) is 6.69. The number of nitrogens with zero attached hydrogens (tertiary/aromatic N) is 2. The molecule has 4 aliphatic heterocycles. The summed E-state index contributed by atoms with van der Waals surface area (Å²) in [6.45, 7) is 3.78. The van der Waals surface area contributed by atoms with Gasteiger partial charge in [-0.1, -0.05) is 12.8 Å². The minimum Gasteiger partial charge on any atom is -0.312 e. The van der Waals surface area contributed by atoms with Gasteiger partial charge >= 0.3 is 0 Å². The normalized spacial score (nSPS) is 34.9. The van der Waals surface area contributed by atoms with Crippen LogP contribution in [-0.4, -0.2) is 55.8 Å². The molecule has 6 heteroatoms. The van der Waals surface area contributed by atoms with Crippen LogP contribution in [0.5, 0.6) is 0 Å². The molecule has 0 amide bonds. The molecule has 5 nitrogen and oxygen atoms in total. The Kier molecular flexibility index (Phi) is 4.12. The third-order valence-electron chi connectivity index (χ3n) is 4.72. The molecule has 0 unspecified atom stereocenters. The van der Waals surface area contributed by atoms with Gasteiger partial charge in [0.2, 0.25) is 0 Å². The number of hydrogen-bond donors (Lipinski definition) is 1. The number of hydrogen-bond acceptors (Lipinski definition) is 3. The molecule has 2 bridgehead atoms. The van der Waals surface area contributed by atoms with Crippen molar-refractivity contribution in [2.75, 3.05) is 32.7 Å². The lowest BCUT2D eigenvalue weighted by Crippen LogP contribution is -2.47. The van der Waals surface area contributed by atoms with Crippen LogP contribution in [0.4, 0.5) is 0 Å². The van der Waals surface area contributed by atoms with Crippen molar-refractivity contribution in [1.29, 1.82) is 0 Å². The summed E-state index contributed by atoms with van der Waals surface area (Å²) in [5, 5.41) is 3.47. The summed E-state index contributed by atoms with van der Waals surface area (Å²) in [5.74, 6) is 0.500. The predicted molar refractivity (Wildman–Crippen MR) is 75.0 cm³/mol. The molecule has 2 atom stereocenters. The minimum atomic E-state index is -3.23. The zero-order valence-corrected chi connectivity index (χ0v) is 12.4. The molecule has 19 heavy (non-hydrogen) atoms. The van der Waals surface area contributed by atoms with E-state index in [9.17, 15) is 8.42 Å². The van der Waals surface area contributed by atoms with Crippen molar-refractivity contribution < 1.29 is 8.42 Å². The van der Waals surface area contributed by atoms with E-state index in [1.165, 1.54) is 19.3 Å². The Morgan fingerprint density at radius 1 is 0.895 bits per heavy atom. The third kappa shape index (κ3) is 2.96. The number of fused-ring (bicyclic) bond motifs is 4. The van der Waals surface area contributed by atoms with Crippen molar-refractivity contribution in [3.63, 3.8) is 0 Å². The van der Waals surface area contributed by atoms with Gasteiger partial charge in [-0.25, -0.2) is 0 Å². The highest BCUT2D eigenvalue weighted by molar-refractivity contribution is 7.86. The average molecular weight is 287 g/mol. The monoisotopic (exact) mass is 287 g/mol. The topological polar surface area (TPSA) is 52.7 Å². The summed E-state index contributed by atoms with van der Waals surface area (Å²) in [7, 11) is -3.23. The largest absolute Gasteiger partial charge is 0.312 e. The van der Waals surface area contributed by atoms with Gasteiger partial charge < -0.3 is 5.32 Å². The molecular weight excluding hydrogens is 262 g/mol. The molecule has 4 fully saturated rings. The molecular formula is C13H25N3O2S. The Labute approximate surface area is 116 Å². The summed E-state index contributed by atoms with van der Waals surface area (Å²) in [4.78, 5) is 0. The van der Waals surface area contributed by atoms with E-state index in [1.54, 1.807) is 8.61 Å². The second-order valence-electron chi connectivity index (χ2n) is 6.19. The van der Waals surface area contributed by atoms with Crippen LogP contribution in [0.2, 0.25) is 0 Å². The molecule has 0 aromatic carbocycles. The van der Waals surface area contributed by atoms with Crippen LogP contribution in [0.25, 0.3) is 0 Å². The van der Waals surface area contributed by atoms with E-state index in [4.69, 9.17) is 0 Å². The lowest BCUT2D eigenvalue weighted by atomic mass is 9.97.